The molecule has 0 aliphatic rings. The monoisotopic (exact) mass is 199 g/mol. The van der Waals surface area contributed by atoms with Gasteiger partial charge in [0.1, 0.15) is 0 Å². The minimum absolute atomic E-state index is 0.475. The number of nitrogens with two attached hydrogens (primary N) is 1. The average molecular weight is 199 g/mol. The van der Waals surface area contributed by atoms with Crippen molar-refractivity contribution in [3.05, 3.63) is 12.2 Å². The maximum absolute atomic E-state index is 10.8. The standard InChI is InChI=1S/C11H21NO2/c1-3-4-5-6-7-8-9-10(2)11(13)14-12/h2-9,12H2,1H3. The van der Waals surface area contributed by atoms with E-state index in [0.717, 1.165) is 12.8 Å². The second-order valence-corrected chi connectivity index (χ2v) is 3.53. The first-order valence-corrected chi connectivity index (χ1v) is 5.31. The summed E-state index contributed by atoms with van der Waals surface area (Å²) < 4.78 is 0. The van der Waals surface area contributed by atoms with Crippen molar-refractivity contribution in [1.82, 2.24) is 0 Å². The van der Waals surface area contributed by atoms with E-state index in [1.807, 2.05) is 0 Å². The van der Waals surface area contributed by atoms with Gasteiger partial charge < -0.3 is 4.84 Å². The Hall–Kier alpha value is -0.830. The van der Waals surface area contributed by atoms with E-state index in [0.29, 0.717) is 12.0 Å². The molecule has 2 N–H and O–H groups in total. The van der Waals surface area contributed by atoms with Crippen LogP contribution in [0.15, 0.2) is 12.2 Å². The molecule has 82 valence electrons. The van der Waals surface area contributed by atoms with Crippen LogP contribution < -0.4 is 5.90 Å². The molecule has 0 aliphatic carbocycles. The summed E-state index contributed by atoms with van der Waals surface area (Å²) in [6.45, 7) is 5.80. The Morgan fingerprint density at radius 1 is 1.21 bits per heavy atom. The van der Waals surface area contributed by atoms with Gasteiger partial charge >= 0.3 is 5.97 Å². The lowest BCUT2D eigenvalue weighted by Crippen LogP contribution is -2.11. The second kappa shape index (κ2) is 8.75. The van der Waals surface area contributed by atoms with Crippen molar-refractivity contribution in [2.24, 2.45) is 5.90 Å². The Morgan fingerprint density at radius 3 is 2.36 bits per heavy atom. The SMILES string of the molecule is C=C(CCCCCCCC)C(=O)ON. The van der Waals surface area contributed by atoms with Gasteiger partial charge in [0.15, 0.2) is 0 Å². The number of hydrogen-bond donors (Lipinski definition) is 1. The fourth-order valence-corrected chi connectivity index (χ4v) is 1.30. The van der Waals surface area contributed by atoms with Gasteiger partial charge in [0.05, 0.1) is 0 Å². The zero-order valence-corrected chi connectivity index (χ0v) is 9.05. The summed E-state index contributed by atoms with van der Waals surface area (Å²) in [4.78, 5) is 14.9. The van der Waals surface area contributed by atoms with Crippen LogP contribution in [0, 0.1) is 0 Å². The minimum Gasteiger partial charge on any atom is -0.370 e. The van der Waals surface area contributed by atoms with Crippen molar-refractivity contribution in [2.45, 2.75) is 51.9 Å². The lowest BCUT2D eigenvalue weighted by atomic mass is 10.1. The van der Waals surface area contributed by atoms with Gasteiger partial charge in [-0.2, -0.15) is 5.90 Å². The number of hydrogen-bond acceptors (Lipinski definition) is 3. The van der Waals surface area contributed by atoms with Crippen molar-refractivity contribution in [3.8, 4) is 0 Å². The molecule has 0 aromatic heterocycles. The third kappa shape index (κ3) is 6.66. The number of rotatable bonds is 8. The molecule has 0 fully saturated rings. The van der Waals surface area contributed by atoms with Crippen molar-refractivity contribution in [3.63, 3.8) is 0 Å². The third-order valence-corrected chi connectivity index (χ3v) is 2.23. The first-order valence-electron chi connectivity index (χ1n) is 5.31. The quantitative estimate of drug-likeness (QED) is 0.371. The van der Waals surface area contributed by atoms with Crippen LogP contribution in [0.25, 0.3) is 0 Å². The van der Waals surface area contributed by atoms with Crippen LogP contribution in [0.4, 0.5) is 0 Å². The van der Waals surface area contributed by atoms with E-state index in [-0.39, 0.29) is 0 Å². The molecule has 3 heteroatoms. The van der Waals surface area contributed by atoms with E-state index in [9.17, 15) is 4.79 Å². The van der Waals surface area contributed by atoms with Gasteiger partial charge in [-0.05, 0) is 12.8 Å². The molecule has 0 aromatic rings. The van der Waals surface area contributed by atoms with Crippen LogP contribution in [0.5, 0.6) is 0 Å². The van der Waals surface area contributed by atoms with Gasteiger partial charge in [-0.25, -0.2) is 4.79 Å². The van der Waals surface area contributed by atoms with Gasteiger partial charge in [0.25, 0.3) is 0 Å². The minimum atomic E-state index is -0.487. The molecule has 0 bridgehead atoms. The summed E-state index contributed by atoms with van der Waals surface area (Å²) in [5.74, 6) is 4.25. The predicted octanol–water partition coefficient (Wildman–Crippen LogP) is 2.71. The molecule has 3 nitrogen and oxygen atoms in total. The largest absolute Gasteiger partial charge is 0.370 e. The Balaban J connectivity index is 3.27. The van der Waals surface area contributed by atoms with Crippen LogP contribution >= 0.6 is 0 Å². The zero-order chi connectivity index (χ0) is 10.8. The Labute approximate surface area is 86.3 Å². The molecule has 0 saturated carbocycles. The summed E-state index contributed by atoms with van der Waals surface area (Å²) in [5, 5.41) is 0. The maximum atomic E-state index is 10.8. The summed E-state index contributed by atoms with van der Waals surface area (Å²) in [7, 11) is 0. The molecule has 0 amide bonds. The van der Waals surface area contributed by atoms with Crippen molar-refractivity contribution in [1.29, 1.82) is 0 Å². The summed E-state index contributed by atoms with van der Waals surface area (Å²) in [6, 6.07) is 0. The molecule has 0 radical (unpaired) electrons. The van der Waals surface area contributed by atoms with E-state index in [1.165, 1.54) is 25.7 Å². The Bertz CT molecular complexity index is 178. The zero-order valence-electron chi connectivity index (χ0n) is 9.05. The second-order valence-electron chi connectivity index (χ2n) is 3.53. The lowest BCUT2D eigenvalue weighted by molar-refractivity contribution is -0.139. The van der Waals surface area contributed by atoms with Crippen molar-refractivity contribution >= 4 is 5.97 Å². The van der Waals surface area contributed by atoms with Crippen LogP contribution in [0.1, 0.15) is 51.9 Å². The molecule has 0 rings (SSSR count). The molecule has 0 spiro atoms. The van der Waals surface area contributed by atoms with Crippen LogP contribution in [0.2, 0.25) is 0 Å². The molecule has 14 heavy (non-hydrogen) atoms. The lowest BCUT2D eigenvalue weighted by Gasteiger charge is -2.02. The van der Waals surface area contributed by atoms with Gasteiger partial charge in [-0.15, -0.1) is 0 Å². The summed E-state index contributed by atoms with van der Waals surface area (Å²) >= 11 is 0. The highest BCUT2D eigenvalue weighted by atomic mass is 16.7. The van der Waals surface area contributed by atoms with Crippen LogP contribution in [-0.4, -0.2) is 5.97 Å². The summed E-state index contributed by atoms with van der Waals surface area (Å²) in [6.07, 6.45) is 7.91. The van der Waals surface area contributed by atoms with Crippen molar-refractivity contribution in [2.75, 3.05) is 0 Å². The van der Waals surface area contributed by atoms with Crippen LogP contribution in [-0.2, 0) is 9.63 Å². The first-order chi connectivity index (χ1) is 6.72. The van der Waals surface area contributed by atoms with Gasteiger partial charge in [-0.3, -0.25) is 0 Å². The van der Waals surface area contributed by atoms with Crippen LogP contribution in [0.3, 0.4) is 0 Å². The van der Waals surface area contributed by atoms with E-state index in [4.69, 9.17) is 5.90 Å². The van der Waals surface area contributed by atoms with E-state index in [1.54, 1.807) is 0 Å². The highest BCUT2D eigenvalue weighted by molar-refractivity contribution is 5.87. The average Bonchev–Trinajstić information content (AvgIpc) is 2.21. The first kappa shape index (κ1) is 13.2. The normalized spacial score (nSPS) is 9.86. The molecule has 0 aliphatic heterocycles. The molecule has 0 aromatic carbocycles. The maximum Gasteiger partial charge on any atom is 0.351 e. The molecular formula is C11H21NO2. The summed E-state index contributed by atoms with van der Waals surface area (Å²) in [5.41, 5.74) is 0.475. The van der Waals surface area contributed by atoms with E-state index in [2.05, 4.69) is 18.3 Å². The predicted molar refractivity (Wildman–Crippen MR) is 57.4 cm³/mol. The third-order valence-electron chi connectivity index (χ3n) is 2.23. The fraction of sp³-hybridized carbons (Fsp3) is 0.727. The topological polar surface area (TPSA) is 52.3 Å². The van der Waals surface area contributed by atoms with Gasteiger partial charge in [0, 0.05) is 5.57 Å². The Morgan fingerprint density at radius 2 is 1.79 bits per heavy atom. The van der Waals surface area contributed by atoms with Gasteiger partial charge in [0.2, 0.25) is 0 Å². The number of carbonyl (C=O) groups is 1. The molecule has 0 heterocycles. The Kier molecular flexibility index (Phi) is 8.24. The molecule has 0 atom stereocenters. The smallest absolute Gasteiger partial charge is 0.351 e. The fourth-order valence-electron chi connectivity index (χ4n) is 1.30. The van der Waals surface area contributed by atoms with E-state index >= 15 is 0 Å². The highest BCUT2D eigenvalue weighted by Gasteiger charge is 2.05. The molecule has 0 unspecified atom stereocenters. The van der Waals surface area contributed by atoms with Crippen molar-refractivity contribution < 1.29 is 9.63 Å². The number of carbonyl (C=O) groups excluding carboxylic acids is 1. The molecular weight excluding hydrogens is 178 g/mol. The molecule has 0 saturated heterocycles. The number of unbranched alkanes of at least 4 members (excludes halogenated alkanes) is 5. The van der Waals surface area contributed by atoms with E-state index < -0.39 is 5.97 Å². The van der Waals surface area contributed by atoms with Gasteiger partial charge in [-0.1, -0.05) is 45.6 Å². The highest BCUT2D eigenvalue weighted by Crippen LogP contribution is 2.10.